The van der Waals surface area contributed by atoms with E-state index in [0.717, 1.165) is 12.0 Å². The molecule has 1 amide bonds. The molecule has 1 atom stereocenters. The van der Waals surface area contributed by atoms with Crippen molar-refractivity contribution in [3.05, 3.63) is 11.8 Å². The minimum absolute atomic E-state index is 0.0198. The van der Waals surface area contributed by atoms with Crippen molar-refractivity contribution in [2.45, 2.75) is 13.3 Å². The van der Waals surface area contributed by atoms with Gasteiger partial charge >= 0.3 is 0 Å². The second kappa shape index (κ2) is 2.08. The highest BCUT2D eigenvalue weighted by atomic mass is 16.5. The van der Waals surface area contributed by atoms with Crippen LogP contribution in [0.3, 0.4) is 0 Å². The number of nitrogens with one attached hydrogen (secondary N) is 1. The van der Waals surface area contributed by atoms with Crippen LogP contribution >= 0.6 is 0 Å². The Balaban J connectivity index is 2.37. The van der Waals surface area contributed by atoms with E-state index in [1.54, 1.807) is 6.26 Å². The standard InChI is InChI=1S/C7H8N2O2/c1-4-2-5-3-11-9-6(5)8-7(4)10/h3-4H,2H2,1H3,(H,8,9,10). The number of fused-ring (bicyclic) bond motifs is 1. The topological polar surface area (TPSA) is 55.1 Å². The molecule has 0 aliphatic carbocycles. The number of hydrogen-bond acceptors (Lipinski definition) is 3. The van der Waals surface area contributed by atoms with Crippen molar-refractivity contribution in [1.29, 1.82) is 0 Å². The molecule has 1 aliphatic heterocycles. The van der Waals surface area contributed by atoms with Crippen LogP contribution in [0.15, 0.2) is 10.8 Å². The monoisotopic (exact) mass is 152 g/mol. The van der Waals surface area contributed by atoms with E-state index in [4.69, 9.17) is 4.52 Å². The van der Waals surface area contributed by atoms with Gasteiger partial charge in [0.1, 0.15) is 6.26 Å². The maximum Gasteiger partial charge on any atom is 0.228 e. The first-order chi connectivity index (χ1) is 5.27. The highest BCUT2D eigenvalue weighted by Gasteiger charge is 2.24. The van der Waals surface area contributed by atoms with Crippen molar-refractivity contribution in [2.75, 3.05) is 5.32 Å². The molecule has 2 heterocycles. The number of rotatable bonds is 0. The molecule has 0 fully saturated rings. The van der Waals surface area contributed by atoms with Crippen LogP contribution in [0.4, 0.5) is 5.82 Å². The van der Waals surface area contributed by atoms with Crippen molar-refractivity contribution < 1.29 is 9.32 Å². The lowest BCUT2D eigenvalue weighted by Crippen LogP contribution is -2.27. The summed E-state index contributed by atoms with van der Waals surface area (Å²) >= 11 is 0. The minimum atomic E-state index is 0.0198. The molecule has 2 rings (SSSR count). The summed E-state index contributed by atoms with van der Waals surface area (Å²) in [5, 5.41) is 6.28. The van der Waals surface area contributed by atoms with Crippen molar-refractivity contribution in [2.24, 2.45) is 5.92 Å². The summed E-state index contributed by atoms with van der Waals surface area (Å²) in [5.74, 6) is 0.626. The van der Waals surface area contributed by atoms with Gasteiger partial charge in [-0.3, -0.25) is 4.79 Å². The zero-order chi connectivity index (χ0) is 7.84. The zero-order valence-electron chi connectivity index (χ0n) is 6.13. The number of amides is 1. The number of aromatic nitrogens is 1. The van der Waals surface area contributed by atoms with E-state index in [9.17, 15) is 4.79 Å². The van der Waals surface area contributed by atoms with Gasteiger partial charge in [-0.1, -0.05) is 12.1 Å². The van der Waals surface area contributed by atoms with Crippen molar-refractivity contribution in [1.82, 2.24) is 5.16 Å². The van der Waals surface area contributed by atoms with Crippen LogP contribution in [-0.2, 0) is 11.2 Å². The maximum absolute atomic E-state index is 11.1. The fourth-order valence-corrected chi connectivity index (χ4v) is 1.17. The molecule has 11 heavy (non-hydrogen) atoms. The number of nitrogens with zero attached hydrogens (tertiary/aromatic N) is 1. The van der Waals surface area contributed by atoms with Gasteiger partial charge < -0.3 is 9.84 Å². The molecule has 0 saturated heterocycles. The van der Waals surface area contributed by atoms with E-state index in [0.29, 0.717) is 5.82 Å². The summed E-state index contributed by atoms with van der Waals surface area (Å²) in [4.78, 5) is 11.1. The van der Waals surface area contributed by atoms with Crippen LogP contribution in [0, 0.1) is 5.92 Å². The molecule has 1 unspecified atom stereocenters. The van der Waals surface area contributed by atoms with Crippen LogP contribution in [0.5, 0.6) is 0 Å². The summed E-state index contributed by atoms with van der Waals surface area (Å²) in [6.45, 7) is 1.88. The maximum atomic E-state index is 11.1. The second-order valence-corrected chi connectivity index (χ2v) is 2.78. The van der Waals surface area contributed by atoms with Crippen LogP contribution < -0.4 is 5.32 Å². The smallest absolute Gasteiger partial charge is 0.228 e. The number of anilines is 1. The highest BCUT2D eigenvalue weighted by molar-refractivity contribution is 5.94. The Hall–Kier alpha value is -1.32. The van der Waals surface area contributed by atoms with Crippen molar-refractivity contribution >= 4 is 11.7 Å². The first-order valence-electron chi connectivity index (χ1n) is 3.51. The second-order valence-electron chi connectivity index (χ2n) is 2.78. The first-order valence-corrected chi connectivity index (χ1v) is 3.51. The molecule has 0 bridgehead atoms. The van der Waals surface area contributed by atoms with Gasteiger partial charge in [0.05, 0.1) is 0 Å². The Morgan fingerprint density at radius 3 is 3.45 bits per heavy atom. The Bertz CT molecular complexity index is 292. The predicted molar refractivity (Wildman–Crippen MR) is 38.0 cm³/mol. The van der Waals surface area contributed by atoms with Crippen LogP contribution in [0.2, 0.25) is 0 Å². The fourth-order valence-electron chi connectivity index (χ4n) is 1.17. The summed E-state index contributed by atoms with van der Waals surface area (Å²) in [5.41, 5.74) is 0.983. The molecule has 0 aromatic carbocycles. The summed E-state index contributed by atoms with van der Waals surface area (Å²) in [6.07, 6.45) is 2.30. The SMILES string of the molecule is CC1Cc2conc2NC1=O. The average Bonchev–Trinajstić information content (AvgIpc) is 2.36. The van der Waals surface area contributed by atoms with Gasteiger partial charge in [0.2, 0.25) is 5.91 Å². The third-order valence-corrected chi connectivity index (χ3v) is 1.86. The van der Waals surface area contributed by atoms with E-state index >= 15 is 0 Å². The summed E-state index contributed by atoms with van der Waals surface area (Å²) in [7, 11) is 0. The molecular weight excluding hydrogens is 144 g/mol. The number of carbonyl (C=O) groups excluding carboxylic acids is 1. The Morgan fingerprint density at radius 2 is 2.64 bits per heavy atom. The predicted octanol–water partition coefficient (Wildman–Crippen LogP) is 0.805. The molecule has 1 N–H and O–H groups in total. The number of carbonyl (C=O) groups is 1. The molecule has 0 saturated carbocycles. The fraction of sp³-hybridized carbons (Fsp3) is 0.429. The first kappa shape index (κ1) is 6.39. The third kappa shape index (κ3) is 0.906. The van der Waals surface area contributed by atoms with Gasteiger partial charge in [-0.25, -0.2) is 0 Å². The molecule has 0 spiro atoms. The van der Waals surface area contributed by atoms with Gasteiger partial charge in [-0.2, -0.15) is 0 Å². The molecule has 1 aromatic rings. The molecular formula is C7H8N2O2. The molecule has 4 heteroatoms. The van der Waals surface area contributed by atoms with Gasteiger partial charge in [-0.15, -0.1) is 0 Å². The molecule has 1 aromatic heterocycles. The van der Waals surface area contributed by atoms with Crippen LogP contribution in [-0.4, -0.2) is 11.1 Å². The molecule has 1 aliphatic rings. The quantitative estimate of drug-likeness (QED) is 0.598. The molecule has 58 valence electrons. The molecule has 0 radical (unpaired) electrons. The van der Waals surface area contributed by atoms with E-state index in [2.05, 4.69) is 10.5 Å². The van der Waals surface area contributed by atoms with Crippen molar-refractivity contribution in [3.63, 3.8) is 0 Å². The third-order valence-electron chi connectivity index (χ3n) is 1.86. The van der Waals surface area contributed by atoms with Crippen LogP contribution in [0.1, 0.15) is 12.5 Å². The highest BCUT2D eigenvalue weighted by Crippen LogP contribution is 2.22. The lowest BCUT2D eigenvalue weighted by atomic mass is 9.99. The lowest BCUT2D eigenvalue weighted by Gasteiger charge is -2.15. The van der Waals surface area contributed by atoms with Gasteiger partial charge in [-0.05, 0) is 6.42 Å². The van der Waals surface area contributed by atoms with E-state index < -0.39 is 0 Å². The van der Waals surface area contributed by atoms with Gasteiger partial charge in [0.15, 0.2) is 5.82 Å². The lowest BCUT2D eigenvalue weighted by molar-refractivity contribution is -0.119. The normalized spacial score (nSPS) is 22.6. The Kier molecular flexibility index (Phi) is 1.21. The van der Waals surface area contributed by atoms with E-state index in [1.165, 1.54) is 0 Å². The summed E-state index contributed by atoms with van der Waals surface area (Å²) < 4.78 is 4.70. The molecule has 4 nitrogen and oxygen atoms in total. The van der Waals surface area contributed by atoms with Gasteiger partial charge in [0.25, 0.3) is 0 Å². The Labute approximate surface area is 63.6 Å². The summed E-state index contributed by atoms with van der Waals surface area (Å²) in [6, 6.07) is 0. The van der Waals surface area contributed by atoms with Gasteiger partial charge in [0, 0.05) is 11.5 Å². The largest absolute Gasteiger partial charge is 0.362 e. The average molecular weight is 152 g/mol. The van der Waals surface area contributed by atoms with Crippen LogP contribution in [0.25, 0.3) is 0 Å². The zero-order valence-corrected chi connectivity index (χ0v) is 6.13. The minimum Gasteiger partial charge on any atom is -0.362 e. The van der Waals surface area contributed by atoms with E-state index in [1.807, 2.05) is 6.92 Å². The van der Waals surface area contributed by atoms with Crippen molar-refractivity contribution in [3.8, 4) is 0 Å². The van der Waals surface area contributed by atoms with E-state index in [-0.39, 0.29) is 11.8 Å². The number of hydrogen-bond donors (Lipinski definition) is 1. The Morgan fingerprint density at radius 1 is 1.82 bits per heavy atom.